The minimum atomic E-state index is -0.0371. The van der Waals surface area contributed by atoms with Crippen LogP contribution in [0.4, 0.5) is 11.9 Å². The number of rotatable bonds is 6. The van der Waals surface area contributed by atoms with Crippen molar-refractivity contribution in [2.24, 2.45) is 5.92 Å². The van der Waals surface area contributed by atoms with Gasteiger partial charge < -0.3 is 10.6 Å². The molecular formula is C13H23N7. The number of nitriles is 1. The van der Waals surface area contributed by atoms with E-state index in [0.717, 1.165) is 6.54 Å². The molecule has 1 heterocycles. The summed E-state index contributed by atoms with van der Waals surface area (Å²) in [5.74, 6) is 1.36. The lowest BCUT2D eigenvalue weighted by atomic mass is 10.1. The number of nitrogens with two attached hydrogens (primary N) is 1. The maximum atomic E-state index is 8.95. The Hall–Kier alpha value is -1.94. The van der Waals surface area contributed by atoms with Crippen molar-refractivity contribution in [3.8, 4) is 6.07 Å². The summed E-state index contributed by atoms with van der Waals surface area (Å²) < 4.78 is 0. The maximum Gasteiger partial charge on any atom is 0.229 e. The molecule has 2 N–H and O–H groups in total. The average Bonchev–Trinajstić information content (AvgIpc) is 2.42. The highest BCUT2D eigenvalue weighted by Gasteiger charge is 2.20. The minimum Gasteiger partial charge on any atom is -0.368 e. The van der Waals surface area contributed by atoms with Gasteiger partial charge in [-0.1, -0.05) is 6.92 Å². The molecule has 2 atom stereocenters. The molecule has 0 aromatic carbocycles. The first-order chi connectivity index (χ1) is 9.38. The average molecular weight is 277 g/mol. The van der Waals surface area contributed by atoms with Crippen molar-refractivity contribution in [3.05, 3.63) is 5.82 Å². The molecule has 0 aliphatic carbocycles. The molecule has 110 valence electrons. The zero-order valence-electron chi connectivity index (χ0n) is 12.8. The van der Waals surface area contributed by atoms with Gasteiger partial charge in [0.05, 0.1) is 18.0 Å². The van der Waals surface area contributed by atoms with Crippen molar-refractivity contribution in [1.82, 2.24) is 19.9 Å². The zero-order valence-corrected chi connectivity index (χ0v) is 12.8. The summed E-state index contributed by atoms with van der Waals surface area (Å²) in [5, 5.41) is 8.95. The highest BCUT2D eigenvalue weighted by molar-refractivity contribution is 5.33. The van der Waals surface area contributed by atoms with Gasteiger partial charge in [0, 0.05) is 20.6 Å². The highest BCUT2D eigenvalue weighted by Crippen LogP contribution is 2.19. The molecule has 0 saturated heterocycles. The fourth-order valence-corrected chi connectivity index (χ4v) is 1.90. The predicted octanol–water partition coefficient (Wildman–Crippen LogP) is 1.06. The van der Waals surface area contributed by atoms with Crippen LogP contribution >= 0.6 is 0 Å². The van der Waals surface area contributed by atoms with Crippen molar-refractivity contribution in [2.75, 3.05) is 37.8 Å². The smallest absolute Gasteiger partial charge is 0.229 e. The molecular weight excluding hydrogens is 254 g/mol. The summed E-state index contributed by atoms with van der Waals surface area (Å²) in [7, 11) is 3.72. The van der Waals surface area contributed by atoms with Crippen LogP contribution in [0.25, 0.3) is 0 Å². The van der Waals surface area contributed by atoms with E-state index in [4.69, 9.17) is 11.0 Å². The second-order valence-electron chi connectivity index (χ2n) is 5.04. The van der Waals surface area contributed by atoms with Gasteiger partial charge in [-0.2, -0.15) is 20.2 Å². The number of aromatic nitrogens is 3. The van der Waals surface area contributed by atoms with Gasteiger partial charge in [0.15, 0.2) is 5.82 Å². The number of hydrogen-bond acceptors (Lipinski definition) is 7. The van der Waals surface area contributed by atoms with E-state index >= 15 is 0 Å². The summed E-state index contributed by atoms with van der Waals surface area (Å²) >= 11 is 0. The Balaban J connectivity index is 3.00. The largest absolute Gasteiger partial charge is 0.368 e. The number of hydrogen-bond donors (Lipinski definition) is 1. The fraction of sp³-hybridized carbons (Fsp3) is 0.692. The Morgan fingerprint density at radius 1 is 1.25 bits per heavy atom. The van der Waals surface area contributed by atoms with Crippen molar-refractivity contribution in [3.63, 3.8) is 0 Å². The van der Waals surface area contributed by atoms with E-state index in [1.165, 1.54) is 0 Å². The molecule has 0 fully saturated rings. The van der Waals surface area contributed by atoms with Crippen LogP contribution in [0.1, 0.15) is 32.6 Å². The highest BCUT2D eigenvalue weighted by atomic mass is 15.3. The number of anilines is 2. The van der Waals surface area contributed by atoms with Crippen LogP contribution in [0.5, 0.6) is 0 Å². The van der Waals surface area contributed by atoms with Gasteiger partial charge >= 0.3 is 0 Å². The monoisotopic (exact) mass is 277 g/mol. The molecule has 0 bridgehead atoms. The second kappa shape index (κ2) is 7.01. The Morgan fingerprint density at radius 3 is 2.40 bits per heavy atom. The van der Waals surface area contributed by atoms with Crippen LogP contribution in [0, 0.1) is 17.2 Å². The molecule has 2 unspecified atom stereocenters. The maximum absolute atomic E-state index is 8.95. The molecule has 7 heteroatoms. The van der Waals surface area contributed by atoms with Gasteiger partial charge in [-0.25, -0.2) is 0 Å². The molecule has 1 aromatic heterocycles. The first-order valence-electron chi connectivity index (χ1n) is 6.71. The van der Waals surface area contributed by atoms with Crippen LogP contribution in [0.15, 0.2) is 0 Å². The summed E-state index contributed by atoms with van der Waals surface area (Å²) in [6.07, 6.45) is 0. The van der Waals surface area contributed by atoms with Crippen molar-refractivity contribution in [1.29, 1.82) is 5.26 Å². The van der Waals surface area contributed by atoms with E-state index in [2.05, 4.69) is 32.8 Å². The molecule has 0 saturated carbocycles. The summed E-state index contributed by atoms with van der Waals surface area (Å²) in [6, 6.07) is 2.24. The van der Waals surface area contributed by atoms with Crippen molar-refractivity contribution in [2.45, 2.75) is 26.8 Å². The summed E-state index contributed by atoms with van der Waals surface area (Å²) in [4.78, 5) is 16.7. The number of nitrogens with zero attached hydrogens (tertiary/aromatic N) is 6. The van der Waals surface area contributed by atoms with Gasteiger partial charge in [0.1, 0.15) is 0 Å². The molecule has 1 aromatic rings. The molecule has 1 rings (SSSR count). The van der Waals surface area contributed by atoms with E-state index in [9.17, 15) is 0 Å². The minimum absolute atomic E-state index is 0.0141. The Bertz CT molecular complexity index is 480. The lowest BCUT2D eigenvalue weighted by Gasteiger charge is -2.28. The quantitative estimate of drug-likeness (QED) is 0.830. The fourth-order valence-electron chi connectivity index (χ4n) is 1.90. The van der Waals surface area contributed by atoms with E-state index < -0.39 is 0 Å². The van der Waals surface area contributed by atoms with Gasteiger partial charge in [-0.3, -0.25) is 4.90 Å². The van der Waals surface area contributed by atoms with Crippen LogP contribution < -0.4 is 10.6 Å². The van der Waals surface area contributed by atoms with Crippen LogP contribution in [-0.4, -0.2) is 47.0 Å². The molecule has 7 nitrogen and oxygen atoms in total. The Morgan fingerprint density at radius 2 is 1.90 bits per heavy atom. The summed E-state index contributed by atoms with van der Waals surface area (Å²) in [6.45, 7) is 7.47. The molecule has 0 radical (unpaired) electrons. The Kier molecular flexibility index (Phi) is 5.65. The second-order valence-corrected chi connectivity index (χ2v) is 5.04. The van der Waals surface area contributed by atoms with Gasteiger partial charge in [0.25, 0.3) is 0 Å². The SMILES string of the molecule is CCN(CC(C)C#N)C(C)c1nc(N)nc(N(C)C)n1. The van der Waals surface area contributed by atoms with E-state index in [-0.39, 0.29) is 17.9 Å². The summed E-state index contributed by atoms with van der Waals surface area (Å²) in [5.41, 5.74) is 5.74. The topological polar surface area (TPSA) is 95.0 Å². The third kappa shape index (κ3) is 4.03. The van der Waals surface area contributed by atoms with Crippen molar-refractivity contribution < 1.29 is 0 Å². The molecule has 20 heavy (non-hydrogen) atoms. The Labute approximate surface area is 120 Å². The van der Waals surface area contributed by atoms with Gasteiger partial charge in [0.2, 0.25) is 11.9 Å². The third-order valence-electron chi connectivity index (χ3n) is 3.11. The molecule has 0 amide bonds. The lowest BCUT2D eigenvalue weighted by Crippen LogP contribution is -2.32. The van der Waals surface area contributed by atoms with E-state index in [1.807, 2.05) is 27.9 Å². The predicted molar refractivity (Wildman–Crippen MR) is 79.0 cm³/mol. The third-order valence-corrected chi connectivity index (χ3v) is 3.11. The molecule has 0 spiro atoms. The zero-order chi connectivity index (χ0) is 15.3. The molecule has 0 aliphatic heterocycles. The van der Waals surface area contributed by atoms with Crippen LogP contribution in [0.2, 0.25) is 0 Å². The molecule has 0 aliphatic rings. The van der Waals surface area contributed by atoms with E-state index in [1.54, 1.807) is 4.90 Å². The number of nitrogen functional groups attached to an aromatic ring is 1. The lowest BCUT2D eigenvalue weighted by molar-refractivity contribution is 0.199. The first kappa shape index (κ1) is 16.1. The van der Waals surface area contributed by atoms with Crippen molar-refractivity contribution >= 4 is 11.9 Å². The standard InChI is InChI=1S/C13H23N7/c1-6-20(8-9(2)7-14)10(3)11-16-12(15)18-13(17-11)19(4)5/h9-10H,6,8H2,1-5H3,(H2,15,16,17,18). The van der Waals surface area contributed by atoms with Gasteiger partial charge in [-0.15, -0.1) is 0 Å². The van der Waals surface area contributed by atoms with E-state index in [0.29, 0.717) is 18.3 Å². The van der Waals surface area contributed by atoms with Gasteiger partial charge in [-0.05, 0) is 20.4 Å². The first-order valence-corrected chi connectivity index (χ1v) is 6.71. The van der Waals surface area contributed by atoms with Crippen LogP contribution in [-0.2, 0) is 0 Å². The van der Waals surface area contributed by atoms with Crippen LogP contribution in [0.3, 0.4) is 0 Å². The normalized spacial score (nSPS) is 13.8.